The van der Waals surface area contributed by atoms with Gasteiger partial charge in [-0.3, -0.25) is 0 Å². The molecule has 2 atom stereocenters. The predicted octanol–water partition coefficient (Wildman–Crippen LogP) is 1.73. The molecule has 0 spiro atoms. The maximum absolute atomic E-state index is 10.1. The van der Waals surface area contributed by atoms with E-state index in [0.29, 0.717) is 5.02 Å². The molecule has 0 aliphatic carbocycles. The first-order chi connectivity index (χ1) is 7.54. The number of aliphatic hydroxyl groups excluding tert-OH is 2. The van der Waals surface area contributed by atoms with Crippen LogP contribution in [0.15, 0.2) is 24.3 Å². The van der Waals surface area contributed by atoms with E-state index in [1.54, 1.807) is 24.3 Å². The van der Waals surface area contributed by atoms with E-state index >= 15 is 0 Å². The Hall–Kier alpha value is -0.610. The largest absolute Gasteiger partial charge is 0.395 e. The second-order valence-corrected chi connectivity index (χ2v) is 4.54. The van der Waals surface area contributed by atoms with Crippen LogP contribution in [0.2, 0.25) is 5.02 Å². The second-order valence-electron chi connectivity index (χ2n) is 4.11. The molecule has 1 aromatic carbocycles. The normalized spacial score (nSPS) is 15.1. The first-order valence-corrected chi connectivity index (χ1v) is 5.73. The Morgan fingerprint density at radius 1 is 1.25 bits per heavy atom. The highest BCUT2D eigenvalue weighted by Gasteiger charge is 2.20. The zero-order valence-corrected chi connectivity index (χ0v) is 10.3. The van der Waals surface area contributed by atoms with Gasteiger partial charge >= 0.3 is 0 Å². The zero-order chi connectivity index (χ0) is 12.1. The summed E-state index contributed by atoms with van der Waals surface area (Å²) in [5.74, 6) is 0. The van der Waals surface area contributed by atoms with Gasteiger partial charge in [0.15, 0.2) is 0 Å². The summed E-state index contributed by atoms with van der Waals surface area (Å²) >= 11 is 5.77. The van der Waals surface area contributed by atoms with Crippen LogP contribution < -0.4 is 5.32 Å². The monoisotopic (exact) mass is 243 g/mol. The van der Waals surface area contributed by atoms with E-state index in [9.17, 15) is 10.2 Å². The molecule has 0 bridgehead atoms. The molecule has 3 nitrogen and oxygen atoms in total. The van der Waals surface area contributed by atoms with Crippen molar-refractivity contribution in [1.29, 1.82) is 0 Å². The molecule has 4 heteroatoms. The van der Waals surface area contributed by atoms with Crippen molar-refractivity contribution in [2.75, 3.05) is 6.61 Å². The van der Waals surface area contributed by atoms with Crippen LogP contribution >= 0.6 is 11.6 Å². The Balaban J connectivity index is 2.74. The van der Waals surface area contributed by atoms with Crippen LogP contribution in [-0.4, -0.2) is 28.9 Å². The summed E-state index contributed by atoms with van der Waals surface area (Å²) in [4.78, 5) is 0. The van der Waals surface area contributed by atoms with Crippen LogP contribution in [0.4, 0.5) is 0 Å². The van der Waals surface area contributed by atoms with Crippen LogP contribution in [0.3, 0.4) is 0 Å². The molecule has 0 saturated carbocycles. The van der Waals surface area contributed by atoms with Gasteiger partial charge in [0, 0.05) is 11.1 Å². The van der Waals surface area contributed by atoms with Gasteiger partial charge in [-0.2, -0.15) is 0 Å². The van der Waals surface area contributed by atoms with Crippen LogP contribution in [0, 0.1) is 0 Å². The van der Waals surface area contributed by atoms with Crippen molar-refractivity contribution in [1.82, 2.24) is 5.32 Å². The molecule has 0 fully saturated rings. The van der Waals surface area contributed by atoms with Gasteiger partial charge in [0.25, 0.3) is 0 Å². The number of benzene rings is 1. The minimum Gasteiger partial charge on any atom is -0.395 e. The van der Waals surface area contributed by atoms with Crippen molar-refractivity contribution in [3.8, 4) is 0 Å². The van der Waals surface area contributed by atoms with Crippen molar-refractivity contribution in [2.24, 2.45) is 0 Å². The van der Waals surface area contributed by atoms with Crippen molar-refractivity contribution >= 4 is 11.6 Å². The lowest BCUT2D eigenvalue weighted by molar-refractivity contribution is 0.0856. The molecule has 0 aliphatic heterocycles. The number of halogens is 1. The molecule has 0 aromatic heterocycles. The van der Waals surface area contributed by atoms with Gasteiger partial charge in [0.05, 0.1) is 18.8 Å². The summed E-state index contributed by atoms with van der Waals surface area (Å²) in [5, 5.41) is 23.0. The number of rotatable bonds is 5. The van der Waals surface area contributed by atoms with E-state index in [2.05, 4.69) is 5.32 Å². The van der Waals surface area contributed by atoms with Crippen molar-refractivity contribution in [3.63, 3.8) is 0 Å². The summed E-state index contributed by atoms with van der Waals surface area (Å²) in [6.45, 7) is 3.83. The summed E-state index contributed by atoms with van der Waals surface area (Å²) < 4.78 is 0. The van der Waals surface area contributed by atoms with E-state index in [4.69, 9.17) is 11.6 Å². The highest BCUT2D eigenvalue weighted by Crippen LogP contribution is 2.19. The molecule has 0 heterocycles. The number of aliphatic hydroxyl groups is 2. The number of hydrogen-bond acceptors (Lipinski definition) is 3. The molecule has 0 radical (unpaired) electrons. The van der Waals surface area contributed by atoms with Crippen LogP contribution in [-0.2, 0) is 0 Å². The topological polar surface area (TPSA) is 52.5 Å². The van der Waals surface area contributed by atoms with Crippen molar-refractivity contribution < 1.29 is 10.2 Å². The van der Waals surface area contributed by atoms with Gasteiger partial charge in [-0.1, -0.05) is 37.6 Å². The summed E-state index contributed by atoms with van der Waals surface area (Å²) in [5.41, 5.74) is 0.747. The number of nitrogens with one attached hydrogen (secondary N) is 1. The van der Waals surface area contributed by atoms with Gasteiger partial charge in [0.1, 0.15) is 0 Å². The van der Waals surface area contributed by atoms with Crippen LogP contribution in [0.5, 0.6) is 0 Å². The van der Waals surface area contributed by atoms with E-state index < -0.39 is 6.10 Å². The lowest BCUT2D eigenvalue weighted by Gasteiger charge is -2.24. The molecule has 3 N–H and O–H groups in total. The Labute approximate surface area is 101 Å². The van der Waals surface area contributed by atoms with Gasteiger partial charge in [-0.25, -0.2) is 0 Å². The van der Waals surface area contributed by atoms with Crippen LogP contribution in [0.1, 0.15) is 25.5 Å². The maximum Gasteiger partial charge on any atom is 0.0965 e. The predicted molar refractivity (Wildman–Crippen MR) is 65.6 cm³/mol. The third kappa shape index (κ3) is 3.76. The van der Waals surface area contributed by atoms with E-state index in [1.165, 1.54) is 0 Å². The third-order valence-corrected chi connectivity index (χ3v) is 2.59. The summed E-state index contributed by atoms with van der Waals surface area (Å²) in [6.07, 6.45) is -0.732. The Morgan fingerprint density at radius 2 is 1.81 bits per heavy atom. The fourth-order valence-corrected chi connectivity index (χ4v) is 1.69. The molecular formula is C12H18ClNO2. The summed E-state index contributed by atoms with van der Waals surface area (Å²) in [6, 6.07) is 6.82. The minimum absolute atomic E-state index is 0.109. The molecular weight excluding hydrogens is 226 g/mol. The maximum atomic E-state index is 10.1. The van der Waals surface area contributed by atoms with Gasteiger partial charge in [0.2, 0.25) is 0 Å². The van der Waals surface area contributed by atoms with Crippen LogP contribution in [0.25, 0.3) is 0 Å². The average Bonchev–Trinajstić information content (AvgIpc) is 2.25. The van der Waals surface area contributed by atoms with E-state index in [1.807, 2.05) is 13.8 Å². The van der Waals surface area contributed by atoms with E-state index in [0.717, 1.165) is 5.56 Å². The molecule has 0 aliphatic rings. The standard InChI is InChI=1S/C12H18ClNO2/c1-8(2)14-11(7-15)12(16)9-3-5-10(13)6-4-9/h3-6,8,11-12,14-16H,7H2,1-2H3. The SMILES string of the molecule is CC(C)NC(CO)C(O)c1ccc(Cl)cc1. The fourth-order valence-electron chi connectivity index (χ4n) is 1.56. The molecule has 90 valence electrons. The fraction of sp³-hybridized carbons (Fsp3) is 0.500. The minimum atomic E-state index is -0.732. The zero-order valence-electron chi connectivity index (χ0n) is 9.52. The Morgan fingerprint density at radius 3 is 2.25 bits per heavy atom. The summed E-state index contributed by atoms with van der Waals surface area (Å²) in [7, 11) is 0. The quantitative estimate of drug-likeness (QED) is 0.738. The second kappa shape index (κ2) is 6.21. The lowest BCUT2D eigenvalue weighted by Crippen LogP contribution is -2.41. The van der Waals surface area contributed by atoms with Gasteiger partial charge in [-0.05, 0) is 17.7 Å². The van der Waals surface area contributed by atoms with Gasteiger partial charge in [-0.15, -0.1) is 0 Å². The lowest BCUT2D eigenvalue weighted by atomic mass is 10.0. The Bertz CT molecular complexity index is 313. The third-order valence-electron chi connectivity index (χ3n) is 2.34. The van der Waals surface area contributed by atoms with E-state index in [-0.39, 0.29) is 18.7 Å². The number of hydrogen-bond donors (Lipinski definition) is 3. The molecule has 16 heavy (non-hydrogen) atoms. The average molecular weight is 244 g/mol. The van der Waals surface area contributed by atoms with Crippen molar-refractivity contribution in [3.05, 3.63) is 34.9 Å². The van der Waals surface area contributed by atoms with Crippen molar-refractivity contribution in [2.45, 2.75) is 32.0 Å². The highest BCUT2D eigenvalue weighted by atomic mass is 35.5. The molecule has 1 aromatic rings. The molecule has 2 unspecified atom stereocenters. The first-order valence-electron chi connectivity index (χ1n) is 5.35. The first kappa shape index (κ1) is 13.5. The smallest absolute Gasteiger partial charge is 0.0965 e. The highest BCUT2D eigenvalue weighted by molar-refractivity contribution is 6.30. The molecule has 1 rings (SSSR count). The molecule has 0 amide bonds. The van der Waals surface area contributed by atoms with Gasteiger partial charge < -0.3 is 15.5 Å². The Kier molecular flexibility index (Phi) is 5.22. The molecule has 0 saturated heterocycles.